The lowest BCUT2D eigenvalue weighted by molar-refractivity contribution is -0.142. The number of fused-ring (bicyclic) bond motifs is 1. The van der Waals surface area contributed by atoms with E-state index in [-0.39, 0.29) is 45.0 Å². The molecule has 0 atom stereocenters. The molecule has 0 unspecified atom stereocenters. The number of benzene rings is 1. The number of carbonyl (C=O) groups excluding carboxylic acids is 2. The fraction of sp³-hybridized carbons (Fsp3) is 0.217. The smallest absolute Gasteiger partial charge is 0.365 e. The Hall–Kier alpha value is -3.94. The van der Waals surface area contributed by atoms with E-state index in [4.69, 9.17) is 5.73 Å². The van der Waals surface area contributed by atoms with Gasteiger partial charge in [0.15, 0.2) is 5.69 Å². The Morgan fingerprint density at radius 2 is 1.68 bits per heavy atom. The molecule has 4 rings (SSSR count). The molecule has 7 nitrogen and oxygen atoms in total. The van der Waals surface area contributed by atoms with E-state index in [1.165, 1.54) is 6.92 Å². The molecule has 0 bridgehead atoms. The van der Waals surface area contributed by atoms with Crippen molar-refractivity contribution in [2.45, 2.75) is 32.2 Å². The van der Waals surface area contributed by atoms with Gasteiger partial charge in [0.1, 0.15) is 15.4 Å². The van der Waals surface area contributed by atoms with Crippen LogP contribution in [0, 0.1) is 6.92 Å². The number of anilines is 1. The van der Waals surface area contributed by atoms with Crippen LogP contribution in [0.5, 0.6) is 0 Å². The van der Waals surface area contributed by atoms with Crippen molar-refractivity contribution in [1.29, 1.82) is 0 Å². The molecule has 14 heteroatoms. The summed E-state index contributed by atoms with van der Waals surface area (Å²) in [6, 6.07) is 9.65. The van der Waals surface area contributed by atoms with Crippen LogP contribution in [0.1, 0.15) is 33.2 Å². The number of amides is 2. The number of nitrogens with zero attached hydrogens (tertiary/aromatic N) is 3. The highest BCUT2D eigenvalue weighted by atomic mass is 32.1. The normalized spacial score (nSPS) is 12.2. The zero-order valence-corrected chi connectivity index (χ0v) is 19.7. The summed E-state index contributed by atoms with van der Waals surface area (Å²) in [5, 5.41) is 6.04. The Kier molecular flexibility index (Phi) is 6.71. The van der Waals surface area contributed by atoms with Gasteiger partial charge in [-0.1, -0.05) is 30.3 Å². The number of hydrogen-bond acceptors (Lipinski definition) is 5. The number of pyridine rings is 1. The Morgan fingerprint density at radius 3 is 2.24 bits per heavy atom. The molecule has 0 saturated carbocycles. The van der Waals surface area contributed by atoms with Gasteiger partial charge in [-0.15, -0.1) is 11.3 Å². The summed E-state index contributed by atoms with van der Waals surface area (Å²) in [6.07, 6.45) is -9.78. The molecule has 2 amide bonds. The first kappa shape index (κ1) is 26.1. The topological polar surface area (TPSA) is 103 Å². The van der Waals surface area contributed by atoms with E-state index < -0.39 is 35.6 Å². The molecular formula is C23H17F6N5O2S. The van der Waals surface area contributed by atoms with Crippen molar-refractivity contribution in [3.8, 4) is 11.1 Å². The Bertz CT molecular complexity index is 1490. The molecule has 3 aromatic heterocycles. The molecular weight excluding hydrogens is 524 g/mol. The maximum atomic E-state index is 13.6. The number of primary amides is 1. The largest absolute Gasteiger partial charge is 0.435 e. The summed E-state index contributed by atoms with van der Waals surface area (Å²) in [5.74, 6) is -1.71. The monoisotopic (exact) mass is 541 g/mol. The van der Waals surface area contributed by atoms with E-state index >= 15 is 0 Å². The van der Waals surface area contributed by atoms with Crippen molar-refractivity contribution >= 4 is 39.1 Å². The van der Waals surface area contributed by atoms with Crippen LogP contribution in [0.3, 0.4) is 0 Å². The lowest BCUT2D eigenvalue weighted by Crippen LogP contribution is -2.19. The second-order valence-electron chi connectivity index (χ2n) is 7.96. The van der Waals surface area contributed by atoms with Gasteiger partial charge in [-0.05, 0) is 30.2 Å². The lowest BCUT2D eigenvalue weighted by atomic mass is 10.0. The van der Waals surface area contributed by atoms with Crippen molar-refractivity contribution in [2.24, 2.45) is 5.73 Å². The van der Waals surface area contributed by atoms with Gasteiger partial charge < -0.3 is 11.1 Å². The maximum Gasteiger partial charge on any atom is 0.435 e. The van der Waals surface area contributed by atoms with E-state index in [0.717, 1.165) is 16.8 Å². The van der Waals surface area contributed by atoms with E-state index in [1.54, 1.807) is 30.3 Å². The highest BCUT2D eigenvalue weighted by Gasteiger charge is 2.36. The molecule has 0 spiro atoms. The highest BCUT2D eigenvalue weighted by molar-refractivity contribution is 7.21. The van der Waals surface area contributed by atoms with E-state index in [9.17, 15) is 35.9 Å². The number of hydrogen-bond donors (Lipinski definition) is 2. The predicted octanol–water partition coefficient (Wildman–Crippen LogP) is 5.63. The van der Waals surface area contributed by atoms with Crippen molar-refractivity contribution in [2.75, 3.05) is 5.32 Å². The zero-order chi connectivity index (χ0) is 27.1. The van der Waals surface area contributed by atoms with Crippen LogP contribution < -0.4 is 11.1 Å². The third-order valence-electron chi connectivity index (χ3n) is 5.35. The fourth-order valence-corrected chi connectivity index (χ4v) is 4.67. The fourth-order valence-electron chi connectivity index (χ4n) is 3.67. The minimum absolute atomic E-state index is 0.0646. The van der Waals surface area contributed by atoms with E-state index in [0.29, 0.717) is 16.9 Å². The van der Waals surface area contributed by atoms with Crippen molar-refractivity contribution < 1.29 is 35.9 Å². The highest BCUT2D eigenvalue weighted by Crippen LogP contribution is 2.43. The number of nitrogens with two attached hydrogens (primary N) is 1. The number of alkyl halides is 6. The van der Waals surface area contributed by atoms with Gasteiger partial charge in [-0.3, -0.25) is 14.3 Å². The number of thiophene rings is 1. The summed E-state index contributed by atoms with van der Waals surface area (Å²) in [4.78, 5) is 28.2. The SMILES string of the molecule is Cc1cc(C(F)(F)F)nn1CCC(=O)Nc1c(C(N)=O)sc2nc(C(F)(F)F)cc(-c3ccccc3)c12. The minimum Gasteiger partial charge on any atom is -0.365 e. The standard InChI is InChI=1S/C23H17F6N5O2S/c1-11-9-15(23(27,28)29)33-34(11)8-7-16(35)32-18-17-13(12-5-3-2-4-6-12)10-14(22(24,25)26)31-21(17)37-19(18)20(30)36/h2-6,9-10H,7-8H2,1H3,(H2,30,36)(H,32,35). The lowest BCUT2D eigenvalue weighted by Gasteiger charge is -2.12. The Balaban J connectivity index is 1.74. The summed E-state index contributed by atoms with van der Waals surface area (Å²) in [7, 11) is 0. The van der Waals surface area contributed by atoms with Crippen LogP contribution in [0.2, 0.25) is 0 Å². The van der Waals surface area contributed by atoms with Crippen LogP contribution in [0.4, 0.5) is 32.0 Å². The number of rotatable bonds is 6. The number of carbonyl (C=O) groups is 2. The number of halogens is 6. The molecule has 194 valence electrons. The van der Waals surface area contributed by atoms with E-state index in [2.05, 4.69) is 15.4 Å². The molecule has 0 saturated heterocycles. The number of aryl methyl sites for hydroxylation is 2. The molecule has 4 aromatic rings. The molecule has 0 radical (unpaired) electrons. The van der Waals surface area contributed by atoms with E-state index in [1.807, 2.05) is 0 Å². The molecule has 3 heterocycles. The number of nitrogens with one attached hydrogen (secondary N) is 1. The van der Waals surface area contributed by atoms with Gasteiger partial charge in [0.25, 0.3) is 5.91 Å². The second kappa shape index (κ2) is 9.50. The van der Waals surface area contributed by atoms with Gasteiger partial charge in [-0.2, -0.15) is 31.4 Å². The van der Waals surface area contributed by atoms with Crippen LogP contribution in [-0.4, -0.2) is 26.6 Å². The molecule has 0 aliphatic rings. The van der Waals surface area contributed by atoms with Gasteiger partial charge in [0, 0.05) is 24.0 Å². The molecule has 37 heavy (non-hydrogen) atoms. The maximum absolute atomic E-state index is 13.6. The Labute approximate surface area is 208 Å². The minimum atomic E-state index is -4.78. The average molecular weight is 541 g/mol. The van der Waals surface area contributed by atoms with Crippen LogP contribution >= 0.6 is 11.3 Å². The summed E-state index contributed by atoms with van der Waals surface area (Å²) >= 11 is 0.593. The predicted molar refractivity (Wildman–Crippen MR) is 124 cm³/mol. The molecule has 0 aliphatic heterocycles. The average Bonchev–Trinajstić information content (AvgIpc) is 3.37. The first-order valence-corrected chi connectivity index (χ1v) is 11.4. The first-order chi connectivity index (χ1) is 17.3. The Morgan fingerprint density at radius 1 is 1.03 bits per heavy atom. The number of aromatic nitrogens is 3. The molecule has 0 aliphatic carbocycles. The van der Waals surface area contributed by atoms with Crippen LogP contribution in [0.15, 0.2) is 42.5 Å². The summed E-state index contributed by atoms with van der Waals surface area (Å²) in [5.41, 5.74) is 3.64. The molecule has 3 N–H and O–H groups in total. The van der Waals surface area contributed by atoms with Crippen LogP contribution in [0.25, 0.3) is 21.3 Å². The second-order valence-corrected chi connectivity index (χ2v) is 8.96. The quantitative estimate of drug-likeness (QED) is 0.309. The third kappa shape index (κ3) is 5.43. The van der Waals surface area contributed by atoms with Gasteiger partial charge in [0.2, 0.25) is 5.91 Å². The molecule has 1 aromatic carbocycles. The summed E-state index contributed by atoms with van der Waals surface area (Å²) in [6.45, 7) is 1.18. The van der Waals surface area contributed by atoms with Crippen molar-refractivity contribution in [3.63, 3.8) is 0 Å². The van der Waals surface area contributed by atoms with Gasteiger partial charge in [0.05, 0.1) is 5.69 Å². The van der Waals surface area contributed by atoms with Gasteiger partial charge >= 0.3 is 12.4 Å². The first-order valence-electron chi connectivity index (χ1n) is 10.6. The summed E-state index contributed by atoms with van der Waals surface area (Å²) < 4.78 is 80.4. The molecule has 0 fully saturated rings. The van der Waals surface area contributed by atoms with Crippen molar-refractivity contribution in [3.05, 3.63) is 64.4 Å². The third-order valence-corrected chi connectivity index (χ3v) is 6.45. The van der Waals surface area contributed by atoms with Crippen LogP contribution in [-0.2, 0) is 23.7 Å². The van der Waals surface area contributed by atoms with Gasteiger partial charge in [-0.25, -0.2) is 4.98 Å². The van der Waals surface area contributed by atoms with Crippen molar-refractivity contribution in [1.82, 2.24) is 14.8 Å². The zero-order valence-electron chi connectivity index (χ0n) is 18.9.